The molecule has 2 aromatic heterocycles. The molecule has 0 saturated carbocycles. The lowest BCUT2D eigenvalue weighted by Crippen LogP contribution is -2.24. The summed E-state index contributed by atoms with van der Waals surface area (Å²) in [7, 11) is 1.59. The number of hydrogen-bond acceptors (Lipinski definition) is 5. The predicted octanol–water partition coefficient (Wildman–Crippen LogP) is 2.44. The average molecular weight is 263 g/mol. The number of nitrogens with zero attached hydrogens (tertiary/aromatic N) is 2. The van der Waals surface area contributed by atoms with Crippen LogP contribution >= 0.6 is 11.3 Å². The lowest BCUT2D eigenvalue weighted by molar-refractivity contribution is 0.389. The fourth-order valence-corrected chi connectivity index (χ4v) is 2.48. The minimum absolute atomic E-state index is 0.197. The van der Waals surface area contributed by atoms with Crippen LogP contribution in [0.3, 0.4) is 0 Å². The smallest absolute Gasteiger partial charge is 0.233 e. The van der Waals surface area contributed by atoms with E-state index in [0.29, 0.717) is 5.88 Å². The summed E-state index contributed by atoms with van der Waals surface area (Å²) in [5, 5.41) is 15.9. The minimum Gasteiger partial charge on any atom is -0.480 e. The van der Waals surface area contributed by atoms with Crippen molar-refractivity contribution >= 4 is 11.3 Å². The van der Waals surface area contributed by atoms with E-state index >= 15 is 0 Å². The number of aromatic nitrogens is 2. The lowest BCUT2D eigenvalue weighted by atomic mass is 10.1. The Morgan fingerprint density at radius 2 is 2.22 bits per heavy atom. The Morgan fingerprint density at radius 1 is 1.33 bits per heavy atom. The second-order valence-corrected chi connectivity index (χ2v) is 4.73. The van der Waals surface area contributed by atoms with Crippen molar-refractivity contribution in [2.75, 3.05) is 13.7 Å². The number of ether oxygens (including phenoxy) is 1. The number of likely N-dealkylation sites (N-methyl/N-ethyl adjacent to an activating group) is 1. The first kappa shape index (κ1) is 13.0. The monoisotopic (exact) mass is 263 g/mol. The van der Waals surface area contributed by atoms with Crippen molar-refractivity contribution in [1.82, 2.24) is 15.5 Å². The fraction of sp³-hybridized carbons (Fsp3) is 0.385. The van der Waals surface area contributed by atoms with Gasteiger partial charge in [0.05, 0.1) is 18.8 Å². The molecule has 0 aliphatic carbocycles. The topological polar surface area (TPSA) is 47.0 Å². The molecule has 0 spiro atoms. The second-order valence-electron chi connectivity index (χ2n) is 3.95. The van der Waals surface area contributed by atoms with Crippen molar-refractivity contribution in [3.05, 3.63) is 40.2 Å². The molecule has 0 saturated heterocycles. The molecule has 0 aliphatic heterocycles. The molecular weight excluding hydrogens is 246 g/mol. The molecule has 96 valence electrons. The Kier molecular flexibility index (Phi) is 4.66. The first-order chi connectivity index (χ1) is 8.83. The van der Waals surface area contributed by atoms with Crippen LogP contribution in [0.25, 0.3) is 0 Å². The van der Waals surface area contributed by atoms with Gasteiger partial charge in [-0.25, -0.2) is 0 Å². The van der Waals surface area contributed by atoms with Crippen LogP contribution in [-0.2, 0) is 6.42 Å². The first-order valence-electron chi connectivity index (χ1n) is 5.95. The molecule has 4 nitrogen and oxygen atoms in total. The highest BCUT2D eigenvalue weighted by Crippen LogP contribution is 2.19. The fourth-order valence-electron chi connectivity index (χ4n) is 1.80. The molecule has 2 aromatic rings. The van der Waals surface area contributed by atoms with Gasteiger partial charge in [0.15, 0.2) is 0 Å². The molecule has 0 bridgehead atoms. The Bertz CT molecular complexity index is 456. The van der Waals surface area contributed by atoms with Gasteiger partial charge in [0.2, 0.25) is 5.88 Å². The van der Waals surface area contributed by atoms with Crippen LogP contribution in [0.1, 0.15) is 24.2 Å². The van der Waals surface area contributed by atoms with Crippen molar-refractivity contribution in [3.63, 3.8) is 0 Å². The normalized spacial score (nSPS) is 12.3. The summed E-state index contributed by atoms with van der Waals surface area (Å²) < 4.78 is 5.02. The molecule has 1 atom stereocenters. The number of nitrogens with one attached hydrogen (secondary N) is 1. The summed E-state index contributed by atoms with van der Waals surface area (Å²) in [6.45, 7) is 3.00. The standard InChI is InChI=1S/C13H17N3OS/c1-3-14-12(8-10-6-7-18-9-10)11-4-5-13(17-2)16-15-11/h4-7,9,12,14H,3,8H2,1-2H3. The van der Waals surface area contributed by atoms with Gasteiger partial charge in [-0.05, 0) is 41.4 Å². The average Bonchev–Trinajstić information content (AvgIpc) is 2.91. The molecule has 0 amide bonds. The van der Waals surface area contributed by atoms with E-state index in [1.807, 2.05) is 12.1 Å². The van der Waals surface area contributed by atoms with E-state index in [9.17, 15) is 0 Å². The van der Waals surface area contributed by atoms with E-state index in [1.54, 1.807) is 18.4 Å². The first-order valence-corrected chi connectivity index (χ1v) is 6.89. The zero-order chi connectivity index (χ0) is 12.8. The van der Waals surface area contributed by atoms with E-state index in [-0.39, 0.29) is 6.04 Å². The Labute approximate surface area is 111 Å². The second kappa shape index (κ2) is 6.47. The highest BCUT2D eigenvalue weighted by atomic mass is 32.1. The maximum atomic E-state index is 5.02. The number of methoxy groups -OCH3 is 1. The molecule has 2 rings (SSSR count). The SMILES string of the molecule is CCNC(Cc1ccsc1)c1ccc(OC)nn1. The Morgan fingerprint density at radius 3 is 2.78 bits per heavy atom. The molecule has 2 heterocycles. The van der Waals surface area contributed by atoms with Gasteiger partial charge < -0.3 is 10.1 Å². The van der Waals surface area contributed by atoms with Gasteiger partial charge in [-0.15, -0.1) is 5.10 Å². The number of hydrogen-bond donors (Lipinski definition) is 1. The number of thiophene rings is 1. The summed E-state index contributed by atoms with van der Waals surface area (Å²) in [5.41, 5.74) is 2.27. The largest absolute Gasteiger partial charge is 0.480 e. The van der Waals surface area contributed by atoms with Gasteiger partial charge in [-0.3, -0.25) is 0 Å². The van der Waals surface area contributed by atoms with Gasteiger partial charge in [0.25, 0.3) is 0 Å². The minimum atomic E-state index is 0.197. The molecule has 18 heavy (non-hydrogen) atoms. The molecule has 0 fully saturated rings. The van der Waals surface area contributed by atoms with Gasteiger partial charge in [-0.2, -0.15) is 16.4 Å². The van der Waals surface area contributed by atoms with Crippen molar-refractivity contribution in [2.24, 2.45) is 0 Å². The van der Waals surface area contributed by atoms with E-state index in [2.05, 4.69) is 39.3 Å². The molecular formula is C13H17N3OS. The van der Waals surface area contributed by atoms with Crippen molar-refractivity contribution in [3.8, 4) is 5.88 Å². The van der Waals surface area contributed by atoms with Gasteiger partial charge in [0.1, 0.15) is 0 Å². The van der Waals surface area contributed by atoms with Gasteiger partial charge in [0, 0.05) is 6.07 Å². The highest BCUT2D eigenvalue weighted by Gasteiger charge is 2.13. The lowest BCUT2D eigenvalue weighted by Gasteiger charge is -2.16. The van der Waals surface area contributed by atoms with Gasteiger partial charge >= 0.3 is 0 Å². The van der Waals surface area contributed by atoms with Gasteiger partial charge in [-0.1, -0.05) is 6.92 Å². The summed E-state index contributed by atoms with van der Waals surface area (Å²) in [5.74, 6) is 0.546. The molecule has 0 aliphatic rings. The summed E-state index contributed by atoms with van der Waals surface area (Å²) >= 11 is 1.72. The predicted molar refractivity (Wildman–Crippen MR) is 73.0 cm³/mol. The van der Waals surface area contributed by atoms with Crippen molar-refractivity contribution in [2.45, 2.75) is 19.4 Å². The Hall–Kier alpha value is -1.46. The van der Waals surface area contributed by atoms with Crippen LogP contribution in [0.5, 0.6) is 5.88 Å². The van der Waals surface area contributed by atoms with Crippen LogP contribution in [0, 0.1) is 0 Å². The maximum absolute atomic E-state index is 5.02. The summed E-state index contributed by atoms with van der Waals surface area (Å²) in [4.78, 5) is 0. The highest BCUT2D eigenvalue weighted by molar-refractivity contribution is 7.07. The molecule has 1 unspecified atom stereocenters. The molecule has 1 N–H and O–H groups in total. The van der Waals surface area contributed by atoms with Crippen LogP contribution in [0.15, 0.2) is 29.0 Å². The maximum Gasteiger partial charge on any atom is 0.233 e. The van der Waals surface area contributed by atoms with Crippen LogP contribution < -0.4 is 10.1 Å². The molecule has 5 heteroatoms. The van der Waals surface area contributed by atoms with Crippen molar-refractivity contribution in [1.29, 1.82) is 0 Å². The van der Waals surface area contributed by atoms with Crippen molar-refractivity contribution < 1.29 is 4.74 Å². The third-order valence-corrected chi connectivity index (χ3v) is 3.43. The molecule has 0 radical (unpaired) electrons. The van der Waals surface area contributed by atoms with Crippen LogP contribution in [0.4, 0.5) is 0 Å². The summed E-state index contributed by atoms with van der Waals surface area (Å²) in [6, 6.07) is 6.15. The van der Waals surface area contributed by atoms with E-state index < -0.39 is 0 Å². The van der Waals surface area contributed by atoms with Crippen LogP contribution in [-0.4, -0.2) is 23.9 Å². The van der Waals surface area contributed by atoms with Crippen LogP contribution in [0.2, 0.25) is 0 Å². The summed E-state index contributed by atoms with van der Waals surface area (Å²) in [6.07, 6.45) is 0.929. The van der Waals surface area contributed by atoms with E-state index in [1.165, 1.54) is 5.56 Å². The molecule has 0 aromatic carbocycles. The van der Waals surface area contributed by atoms with E-state index in [0.717, 1.165) is 18.7 Å². The third kappa shape index (κ3) is 3.27. The zero-order valence-corrected chi connectivity index (χ0v) is 11.4. The third-order valence-electron chi connectivity index (χ3n) is 2.70. The quantitative estimate of drug-likeness (QED) is 0.869. The zero-order valence-electron chi connectivity index (χ0n) is 10.6. The van der Waals surface area contributed by atoms with E-state index in [4.69, 9.17) is 4.74 Å². The number of rotatable bonds is 6. The Balaban J connectivity index is 2.12.